The van der Waals surface area contributed by atoms with Crippen LogP contribution in [0.4, 0.5) is 5.82 Å². The summed E-state index contributed by atoms with van der Waals surface area (Å²) in [6.45, 7) is 0. The third-order valence-corrected chi connectivity index (χ3v) is 6.17. The Morgan fingerprint density at radius 1 is 1.20 bits per heavy atom. The van der Waals surface area contributed by atoms with Gasteiger partial charge < -0.3 is 4.74 Å². The Morgan fingerprint density at radius 2 is 1.88 bits per heavy atom. The number of methoxy groups -OCH3 is 1. The summed E-state index contributed by atoms with van der Waals surface area (Å²) in [7, 11) is 5.37. The van der Waals surface area contributed by atoms with Gasteiger partial charge in [-0.2, -0.15) is 5.10 Å². The lowest BCUT2D eigenvalue weighted by atomic mass is 9.43. The summed E-state index contributed by atoms with van der Waals surface area (Å²) in [5.74, 6) is 1.67. The molecule has 0 saturated heterocycles. The smallest absolute Gasteiger partial charge is 0.238 e. The fourth-order valence-corrected chi connectivity index (χ4v) is 4.65. The first-order chi connectivity index (χ1) is 12.0. The summed E-state index contributed by atoms with van der Waals surface area (Å²) in [5, 5.41) is 4.40. The number of anilines is 1. The van der Waals surface area contributed by atoms with Crippen LogP contribution < -0.4 is 9.64 Å². The molecule has 2 aliphatic carbocycles. The van der Waals surface area contributed by atoms with E-state index < -0.39 is 5.41 Å². The van der Waals surface area contributed by atoms with Crippen LogP contribution in [-0.2, 0) is 17.3 Å². The number of hydrogen-bond donors (Lipinski definition) is 0. The van der Waals surface area contributed by atoms with Crippen molar-refractivity contribution in [1.29, 1.82) is 0 Å². The number of amides is 1. The maximum Gasteiger partial charge on any atom is 0.238 e. The molecule has 1 aromatic carbocycles. The Morgan fingerprint density at radius 3 is 2.36 bits per heavy atom. The van der Waals surface area contributed by atoms with Gasteiger partial charge in [-0.25, -0.2) is 0 Å². The van der Waals surface area contributed by atoms with Gasteiger partial charge in [0.15, 0.2) is 5.82 Å². The van der Waals surface area contributed by atoms with E-state index in [0.717, 1.165) is 24.2 Å². The molecule has 2 fully saturated rings. The van der Waals surface area contributed by atoms with E-state index in [9.17, 15) is 4.79 Å². The normalized spacial score (nSPS) is 19.8. The average molecular weight is 339 g/mol. The van der Waals surface area contributed by atoms with Gasteiger partial charge in [0.2, 0.25) is 5.91 Å². The molecule has 0 radical (unpaired) electrons. The fourth-order valence-electron chi connectivity index (χ4n) is 4.65. The van der Waals surface area contributed by atoms with Crippen LogP contribution in [0.5, 0.6) is 5.75 Å². The highest BCUT2D eigenvalue weighted by atomic mass is 16.5. The lowest BCUT2D eigenvalue weighted by Gasteiger charge is -2.61. The Labute approximate surface area is 148 Å². The van der Waals surface area contributed by atoms with E-state index in [4.69, 9.17) is 4.74 Å². The topological polar surface area (TPSA) is 47.4 Å². The van der Waals surface area contributed by atoms with E-state index in [1.165, 1.54) is 19.3 Å². The molecule has 132 valence electrons. The third-order valence-electron chi connectivity index (χ3n) is 6.17. The molecular weight excluding hydrogens is 314 g/mol. The molecule has 1 spiro atoms. The van der Waals surface area contributed by atoms with Crippen LogP contribution in [0.3, 0.4) is 0 Å². The molecule has 5 nitrogen and oxygen atoms in total. The van der Waals surface area contributed by atoms with Crippen LogP contribution in [-0.4, -0.2) is 29.8 Å². The van der Waals surface area contributed by atoms with Crippen LogP contribution >= 0.6 is 0 Å². The highest BCUT2D eigenvalue weighted by molar-refractivity contribution is 6.01. The zero-order chi connectivity index (χ0) is 17.7. The fraction of sp³-hybridized carbons (Fsp3) is 0.500. The van der Waals surface area contributed by atoms with E-state index >= 15 is 0 Å². The number of carbonyl (C=O) groups excluding carboxylic acids is 1. The predicted octanol–water partition coefficient (Wildman–Crippen LogP) is 3.29. The van der Waals surface area contributed by atoms with Crippen molar-refractivity contribution in [2.24, 2.45) is 12.5 Å². The number of carbonyl (C=O) groups is 1. The molecule has 2 saturated carbocycles. The van der Waals surface area contributed by atoms with E-state index in [-0.39, 0.29) is 5.91 Å². The SMILES string of the molecule is COc1ccc(C2(C(=O)N(C)c3ccn(C)n3)CC3(CCC3)C2)cc1. The summed E-state index contributed by atoms with van der Waals surface area (Å²) in [6, 6.07) is 9.90. The van der Waals surface area contributed by atoms with Gasteiger partial charge in [-0.05, 0) is 48.8 Å². The summed E-state index contributed by atoms with van der Waals surface area (Å²) in [5.41, 5.74) is 1.05. The van der Waals surface area contributed by atoms with Crippen LogP contribution in [0, 0.1) is 5.41 Å². The summed E-state index contributed by atoms with van der Waals surface area (Å²) in [4.78, 5) is 15.2. The van der Waals surface area contributed by atoms with Crippen LogP contribution in [0.25, 0.3) is 0 Å². The van der Waals surface area contributed by atoms with Crippen molar-refractivity contribution in [2.45, 2.75) is 37.5 Å². The standard InChI is InChI=1S/C20H25N3O2/c1-22-12-9-17(21-22)23(2)18(24)20(13-19(14-20)10-4-11-19)15-5-7-16(25-3)8-6-15/h5-9,12H,4,10-11,13-14H2,1-3H3. The first-order valence-corrected chi connectivity index (χ1v) is 8.90. The molecule has 0 unspecified atom stereocenters. The molecule has 1 amide bonds. The van der Waals surface area contributed by atoms with Crippen molar-refractivity contribution in [3.8, 4) is 5.75 Å². The van der Waals surface area contributed by atoms with Crippen molar-refractivity contribution < 1.29 is 9.53 Å². The number of ether oxygens (including phenoxy) is 1. The monoisotopic (exact) mass is 339 g/mol. The Kier molecular flexibility index (Phi) is 3.63. The number of aromatic nitrogens is 2. The molecule has 0 atom stereocenters. The quantitative estimate of drug-likeness (QED) is 0.859. The molecule has 4 rings (SSSR count). The van der Waals surface area contributed by atoms with Crippen molar-refractivity contribution in [3.63, 3.8) is 0 Å². The van der Waals surface area contributed by atoms with Gasteiger partial charge in [0.05, 0.1) is 12.5 Å². The second-order valence-corrected chi connectivity index (χ2v) is 7.73. The maximum absolute atomic E-state index is 13.5. The third kappa shape index (κ3) is 2.44. The molecule has 5 heteroatoms. The Bertz CT molecular complexity index is 782. The minimum Gasteiger partial charge on any atom is -0.497 e. The lowest BCUT2D eigenvalue weighted by molar-refractivity contribution is -0.139. The van der Waals surface area contributed by atoms with Gasteiger partial charge in [-0.1, -0.05) is 18.6 Å². The predicted molar refractivity (Wildman–Crippen MR) is 96.8 cm³/mol. The largest absolute Gasteiger partial charge is 0.497 e. The molecule has 1 heterocycles. The van der Waals surface area contributed by atoms with E-state index in [2.05, 4.69) is 17.2 Å². The highest BCUT2D eigenvalue weighted by Crippen LogP contribution is 2.65. The second kappa shape index (κ2) is 5.61. The first-order valence-electron chi connectivity index (χ1n) is 8.90. The molecule has 25 heavy (non-hydrogen) atoms. The first kappa shape index (κ1) is 16.2. The number of likely N-dealkylation sites (N-methyl/N-ethyl adjacent to an activating group) is 1. The van der Waals surface area contributed by atoms with E-state index in [0.29, 0.717) is 11.2 Å². The van der Waals surface area contributed by atoms with Crippen LogP contribution in [0.15, 0.2) is 36.5 Å². The molecule has 0 bridgehead atoms. The maximum atomic E-state index is 13.5. The molecule has 1 aromatic heterocycles. The molecular formula is C20H25N3O2. The van der Waals surface area contributed by atoms with Crippen LogP contribution in [0.2, 0.25) is 0 Å². The average Bonchev–Trinajstić information content (AvgIpc) is 2.99. The zero-order valence-electron chi connectivity index (χ0n) is 15.2. The van der Waals surface area contributed by atoms with Gasteiger partial charge in [0, 0.05) is 26.4 Å². The Hall–Kier alpha value is -2.30. The van der Waals surface area contributed by atoms with Gasteiger partial charge in [0.1, 0.15) is 5.75 Å². The van der Waals surface area contributed by atoms with Gasteiger partial charge in [0.25, 0.3) is 0 Å². The minimum absolute atomic E-state index is 0.147. The van der Waals surface area contributed by atoms with Gasteiger partial charge in [-0.15, -0.1) is 0 Å². The molecule has 0 aliphatic heterocycles. The summed E-state index contributed by atoms with van der Waals surface area (Å²) >= 11 is 0. The van der Waals surface area contributed by atoms with Crippen molar-refractivity contribution in [3.05, 3.63) is 42.1 Å². The number of aryl methyl sites for hydroxylation is 1. The highest BCUT2D eigenvalue weighted by Gasteiger charge is 2.62. The second-order valence-electron chi connectivity index (χ2n) is 7.73. The van der Waals surface area contributed by atoms with Gasteiger partial charge in [-0.3, -0.25) is 14.4 Å². The molecule has 2 aromatic rings. The van der Waals surface area contributed by atoms with Crippen LogP contribution in [0.1, 0.15) is 37.7 Å². The molecule has 2 aliphatic rings. The van der Waals surface area contributed by atoms with E-state index in [1.54, 1.807) is 16.7 Å². The molecule has 0 N–H and O–H groups in total. The number of rotatable bonds is 4. The minimum atomic E-state index is -0.432. The summed E-state index contributed by atoms with van der Waals surface area (Å²) < 4.78 is 7.01. The van der Waals surface area contributed by atoms with Gasteiger partial charge >= 0.3 is 0 Å². The zero-order valence-corrected chi connectivity index (χ0v) is 15.2. The van der Waals surface area contributed by atoms with Crippen molar-refractivity contribution in [1.82, 2.24) is 9.78 Å². The number of hydrogen-bond acceptors (Lipinski definition) is 3. The van der Waals surface area contributed by atoms with Crippen molar-refractivity contribution >= 4 is 11.7 Å². The number of nitrogens with zero attached hydrogens (tertiary/aromatic N) is 3. The number of benzene rings is 1. The summed E-state index contributed by atoms with van der Waals surface area (Å²) in [6.07, 6.45) is 7.57. The van der Waals surface area contributed by atoms with E-state index in [1.807, 2.05) is 38.5 Å². The lowest BCUT2D eigenvalue weighted by Crippen LogP contribution is -2.60. The van der Waals surface area contributed by atoms with Crippen molar-refractivity contribution in [2.75, 3.05) is 19.1 Å². The Balaban J connectivity index is 1.67.